The third kappa shape index (κ3) is 2.36. The molecule has 1 heterocycles. The van der Waals surface area contributed by atoms with E-state index in [0.717, 1.165) is 16.8 Å². The van der Waals surface area contributed by atoms with Crippen molar-refractivity contribution in [3.63, 3.8) is 0 Å². The Morgan fingerprint density at radius 3 is 2.50 bits per heavy atom. The number of nitriles is 1. The summed E-state index contributed by atoms with van der Waals surface area (Å²) >= 11 is 1.43. The van der Waals surface area contributed by atoms with E-state index in [0.29, 0.717) is 10.6 Å². The smallest absolute Gasteiger partial charge is 0.123 e. The number of pyridine rings is 1. The summed E-state index contributed by atoms with van der Waals surface area (Å²) < 4.78 is 12.9. The van der Waals surface area contributed by atoms with Crippen molar-refractivity contribution in [1.29, 1.82) is 5.26 Å². The van der Waals surface area contributed by atoms with Gasteiger partial charge in [-0.2, -0.15) is 5.26 Å². The van der Waals surface area contributed by atoms with Gasteiger partial charge in [-0.25, -0.2) is 9.37 Å². The molecule has 0 aliphatic heterocycles. The largest absolute Gasteiger partial charge is 0.240 e. The van der Waals surface area contributed by atoms with Crippen molar-refractivity contribution < 1.29 is 4.39 Å². The van der Waals surface area contributed by atoms with E-state index in [4.69, 9.17) is 5.26 Å². The number of rotatable bonds is 2. The molecule has 0 saturated heterocycles. The second kappa shape index (κ2) is 5.19. The van der Waals surface area contributed by atoms with Crippen molar-refractivity contribution in [3.05, 3.63) is 47.3 Å². The first-order valence-corrected chi connectivity index (χ1v) is 6.60. The molecule has 0 aliphatic carbocycles. The van der Waals surface area contributed by atoms with Gasteiger partial charge >= 0.3 is 0 Å². The Morgan fingerprint density at radius 2 is 1.94 bits per heavy atom. The maximum absolute atomic E-state index is 12.9. The number of benzene rings is 1. The summed E-state index contributed by atoms with van der Waals surface area (Å²) in [6.45, 7) is 1.90. The highest BCUT2D eigenvalue weighted by atomic mass is 32.2. The third-order valence-electron chi connectivity index (χ3n) is 2.61. The molecule has 0 fully saturated rings. The first-order valence-electron chi connectivity index (χ1n) is 5.37. The van der Waals surface area contributed by atoms with Gasteiger partial charge in [-0.15, -0.1) is 11.8 Å². The summed E-state index contributed by atoms with van der Waals surface area (Å²) in [5.41, 5.74) is 3.13. The molecule has 0 aliphatic rings. The summed E-state index contributed by atoms with van der Waals surface area (Å²) in [6, 6.07) is 10.2. The predicted octanol–water partition coefficient (Wildman–Crippen LogP) is 3.79. The lowest BCUT2D eigenvalue weighted by atomic mass is 10.1. The van der Waals surface area contributed by atoms with Crippen molar-refractivity contribution in [2.24, 2.45) is 0 Å². The Balaban J connectivity index is 2.58. The van der Waals surface area contributed by atoms with Crippen LogP contribution in [-0.4, -0.2) is 11.2 Å². The summed E-state index contributed by atoms with van der Waals surface area (Å²) in [6.07, 6.45) is 1.88. The highest BCUT2D eigenvalue weighted by molar-refractivity contribution is 7.98. The molecule has 2 rings (SSSR count). The first-order chi connectivity index (χ1) is 8.65. The molecule has 4 heteroatoms. The lowest BCUT2D eigenvalue weighted by Crippen LogP contribution is -1.94. The van der Waals surface area contributed by atoms with Crippen molar-refractivity contribution in [1.82, 2.24) is 4.98 Å². The van der Waals surface area contributed by atoms with Crippen LogP contribution in [0.15, 0.2) is 35.4 Å². The van der Waals surface area contributed by atoms with Crippen LogP contribution in [0, 0.1) is 24.1 Å². The second-order valence-electron chi connectivity index (χ2n) is 3.83. The van der Waals surface area contributed by atoms with Crippen LogP contribution in [0.5, 0.6) is 0 Å². The average molecular weight is 258 g/mol. The van der Waals surface area contributed by atoms with Gasteiger partial charge in [0.2, 0.25) is 0 Å². The van der Waals surface area contributed by atoms with Crippen LogP contribution in [0.4, 0.5) is 4.39 Å². The number of thioether (sulfide) groups is 1. The van der Waals surface area contributed by atoms with Crippen molar-refractivity contribution >= 4 is 11.8 Å². The molecule has 0 atom stereocenters. The van der Waals surface area contributed by atoms with Crippen LogP contribution >= 0.6 is 11.8 Å². The number of aromatic nitrogens is 1. The lowest BCUT2D eigenvalue weighted by Gasteiger charge is -2.08. The minimum absolute atomic E-state index is 0.268. The summed E-state index contributed by atoms with van der Waals surface area (Å²) in [4.78, 5) is 4.48. The molecule has 90 valence electrons. The number of hydrogen-bond donors (Lipinski definition) is 0. The van der Waals surface area contributed by atoms with Gasteiger partial charge in [-0.3, -0.25) is 0 Å². The Bertz CT molecular complexity index is 615. The van der Waals surface area contributed by atoms with E-state index < -0.39 is 0 Å². The number of hydrogen-bond acceptors (Lipinski definition) is 3. The molecule has 0 radical (unpaired) electrons. The van der Waals surface area contributed by atoms with E-state index in [-0.39, 0.29) is 5.82 Å². The number of aryl methyl sites for hydroxylation is 1. The number of nitrogens with zero attached hydrogens (tertiary/aromatic N) is 2. The van der Waals surface area contributed by atoms with Crippen LogP contribution in [0.1, 0.15) is 11.1 Å². The zero-order valence-corrected chi connectivity index (χ0v) is 10.9. The van der Waals surface area contributed by atoms with Crippen LogP contribution in [0.25, 0.3) is 11.3 Å². The lowest BCUT2D eigenvalue weighted by molar-refractivity contribution is 0.628. The Kier molecular flexibility index (Phi) is 3.63. The maximum atomic E-state index is 12.9. The molecule has 0 N–H and O–H groups in total. The fraction of sp³-hybridized carbons (Fsp3) is 0.143. The molecule has 1 aromatic heterocycles. The van der Waals surface area contributed by atoms with E-state index in [1.54, 1.807) is 12.1 Å². The zero-order chi connectivity index (χ0) is 13.1. The zero-order valence-electron chi connectivity index (χ0n) is 10.1. The molecule has 2 aromatic rings. The Labute approximate surface area is 109 Å². The van der Waals surface area contributed by atoms with Crippen molar-refractivity contribution in [2.45, 2.75) is 11.9 Å². The van der Waals surface area contributed by atoms with Crippen LogP contribution in [-0.2, 0) is 0 Å². The molecule has 0 bridgehead atoms. The van der Waals surface area contributed by atoms with Crippen molar-refractivity contribution in [2.75, 3.05) is 6.26 Å². The second-order valence-corrected chi connectivity index (χ2v) is 4.62. The van der Waals surface area contributed by atoms with Crippen LogP contribution < -0.4 is 0 Å². The first kappa shape index (κ1) is 12.6. The van der Waals surface area contributed by atoms with Gasteiger partial charge in [0.15, 0.2) is 0 Å². The summed E-state index contributed by atoms with van der Waals surface area (Å²) in [7, 11) is 0. The van der Waals surface area contributed by atoms with E-state index in [2.05, 4.69) is 11.1 Å². The van der Waals surface area contributed by atoms with Gasteiger partial charge in [0.25, 0.3) is 0 Å². The molecule has 0 amide bonds. The van der Waals surface area contributed by atoms with E-state index >= 15 is 0 Å². The fourth-order valence-electron chi connectivity index (χ4n) is 1.73. The van der Waals surface area contributed by atoms with Gasteiger partial charge in [-0.05, 0) is 49.1 Å². The van der Waals surface area contributed by atoms with E-state index in [1.165, 1.54) is 23.9 Å². The fourth-order valence-corrected chi connectivity index (χ4v) is 2.24. The highest BCUT2D eigenvalue weighted by Crippen LogP contribution is 2.27. The van der Waals surface area contributed by atoms with Gasteiger partial charge in [-0.1, -0.05) is 0 Å². The minimum atomic E-state index is -0.268. The quantitative estimate of drug-likeness (QED) is 0.769. The molecule has 0 spiro atoms. The number of halogens is 1. The van der Waals surface area contributed by atoms with Gasteiger partial charge < -0.3 is 0 Å². The molecular formula is C14H11FN2S. The van der Waals surface area contributed by atoms with Crippen molar-refractivity contribution in [3.8, 4) is 17.3 Å². The molecule has 2 nitrogen and oxygen atoms in total. The summed E-state index contributed by atoms with van der Waals surface area (Å²) in [5.74, 6) is -0.268. The van der Waals surface area contributed by atoms with Gasteiger partial charge in [0.05, 0.1) is 11.3 Å². The maximum Gasteiger partial charge on any atom is 0.123 e. The molecule has 1 aromatic carbocycles. The molecule has 0 saturated carbocycles. The topological polar surface area (TPSA) is 36.7 Å². The van der Waals surface area contributed by atoms with Gasteiger partial charge in [0.1, 0.15) is 16.9 Å². The van der Waals surface area contributed by atoms with Crippen LogP contribution in [0.2, 0.25) is 0 Å². The Hall–Kier alpha value is -1.86. The van der Waals surface area contributed by atoms with E-state index in [1.807, 2.05) is 19.2 Å². The minimum Gasteiger partial charge on any atom is -0.240 e. The SMILES string of the molecule is CSc1nc(-c2ccc(F)cc2)c(C)cc1C#N. The normalized spacial score (nSPS) is 10.1. The van der Waals surface area contributed by atoms with E-state index in [9.17, 15) is 4.39 Å². The monoisotopic (exact) mass is 258 g/mol. The average Bonchev–Trinajstić information content (AvgIpc) is 2.39. The molecule has 0 unspecified atom stereocenters. The van der Waals surface area contributed by atoms with Gasteiger partial charge in [0, 0.05) is 5.56 Å². The molecule has 18 heavy (non-hydrogen) atoms. The third-order valence-corrected chi connectivity index (χ3v) is 3.31. The standard InChI is InChI=1S/C14H11FN2S/c1-9-7-11(8-16)14(18-2)17-13(9)10-3-5-12(15)6-4-10/h3-7H,1-2H3. The highest BCUT2D eigenvalue weighted by Gasteiger charge is 2.10. The Morgan fingerprint density at radius 1 is 1.28 bits per heavy atom. The summed E-state index contributed by atoms with van der Waals surface area (Å²) in [5, 5.41) is 9.72. The predicted molar refractivity (Wildman–Crippen MR) is 70.9 cm³/mol. The van der Waals surface area contributed by atoms with Crippen LogP contribution in [0.3, 0.4) is 0 Å². The molecular weight excluding hydrogens is 247 g/mol.